The zero-order valence-electron chi connectivity index (χ0n) is 21.4. The van der Waals surface area contributed by atoms with Gasteiger partial charge in [0.25, 0.3) is 0 Å². The number of β-amino-alcohol motifs (C(OH)–C–C–N with tert-alkyl or cyclic N) is 1. The average Bonchev–Trinajstić information content (AvgIpc) is 3.26. The fourth-order valence-corrected chi connectivity index (χ4v) is 5.77. The summed E-state index contributed by atoms with van der Waals surface area (Å²) in [5, 5.41) is 16.0. The number of carbonyl (C=O) groups excluding carboxylic acids is 1. The van der Waals surface area contributed by atoms with E-state index in [4.69, 9.17) is 9.84 Å². The molecule has 0 spiro atoms. The van der Waals surface area contributed by atoms with E-state index in [1.807, 2.05) is 4.68 Å². The lowest BCUT2D eigenvalue weighted by atomic mass is 10.0. The molecule has 0 bridgehead atoms. The number of ether oxygens (including phenoxy) is 1. The van der Waals surface area contributed by atoms with Gasteiger partial charge in [0.15, 0.2) is 0 Å². The number of aliphatic hydroxyl groups excluding tert-OH is 1. The maximum Gasteiger partial charge on any atom is 0.409 e. The Balaban J connectivity index is 1.28. The number of aryl methyl sites for hydroxylation is 1. The Morgan fingerprint density at radius 2 is 1.78 bits per heavy atom. The number of carbonyl (C=O) groups is 1. The number of anilines is 1. The zero-order valence-corrected chi connectivity index (χ0v) is 23.6. The summed E-state index contributed by atoms with van der Waals surface area (Å²) < 4.78 is 8.09. The number of rotatable bonds is 6. The number of aromatic nitrogens is 2. The van der Waals surface area contributed by atoms with Gasteiger partial charge in [0.2, 0.25) is 0 Å². The fraction of sp³-hybridized carbons (Fsp3) is 0.429. The van der Waals surface area contributed by atoms with E-state index in [0.717, 1.165) is 52.3 Å². The molecule has 3 heterocycles. The molecular weight excluding hydrogens is 581 g/mol. The first kappa shape index (κ1) is 26.0. The minimum atomic E-state index is -0.530. The average molecular weight is 616 g/mol. The van der Waals surface area contributed by atoms with Gasteiger partial charge in [-0.15, -0.1) is 0 Å². The lowest BCUT2D eigenvalue weighted by molar-refractivity contribution is 0.0903. The number of benzene rings is 2. The summed E-state index contributed by atoms with van der Waals surface area (Å²) in [6.45, 7) is 7.99. The van der Waals surface area contributed by atoms with Gasteiger partial charge in [0.1, 0.15) is 0 Å². The van der Waals surface area contributed by atoms with Crippen LogP contribution in [0.5, 0.6) is 0 Å². The number of methoxy groups -OCH3 is 1. The van der Waals surface area contributed by atoms with Crippen molar-refractivity contribution in [2.45, 2.75) is 32.5 Å². The maximum atomic E-state index is 12.2. The Hall–Kier alpha value is -2.63. The second-order valence-corrected chi connectivity index (χ2v) is 11.1. The molecule has 196 valence electrons. The first-order chi connectivity index (χ1) is 17.9. The number of aliphatic hydroxyl groups is 1. The molecule has 0 aliphatic carbocycles. The van der Waals surface area contributed by atoms with Crippen LogP contribution < -0.4 is 4.90 Å². The second kappa shape index (κ2) is 11.4. The number of fused-ring (bicyclic) bond motifs is 1. The lowest BCUT2D eigenvalue weighted by Crippen LogP contribution is -2.49. The first-order valence-electron chi connectivity index (χ1n) is 12.8. The molecule has 0 saturated carbocycles. The van der Waals surface area contributed by atoms with E-state index in [-0.39, 0.29) is 6.09 Å². The monoisotopic (exact) mass is 615 g/mol. The highest BCUT2D eigenvalue weighted by atomic mass is 127. The number of para-hydroxylation sites is 1. The molecule has 8 nitrogen and oxygen atoms in total. The van der Waals surface area contributed by atoms with Crippen LogP contribution in [0.15, 0.2) is 48.5 Å². The van der Waals surface area contributed by atoms with Gasteiger partial charge in [-0.05, 0) is 53.3 Å². The summed E-state index contributed by atoms with van der Waals surface area (Å²) in [6, 6.07) is 16.8. The Bertz CT molecular complexity index is 1240. The lowest BCUT2D eigenvalue weighted by Gasteiger charge is -2.37. The van der Waals surface area contributed by atoms with Crippen molar-refractivity contribution in [1.82, 2.24) is 19.6 Å². The van der Waals surface area contributed by atoms with Gasteiger partial charge in [-0.3, -0.25) is 9.58 Å². The molecule has 1 fully saturated rings. The molecule has 3 aromatic rings. The van der Waals surface area contributed by atoms with E-state index < -0.39 is 6.10 Å². The predicted octanol–water partition coefficient (Wildman–Crippen LogP) is 3.77. The molecule has 1 N–H and O–H groups in total. The number of amides is 1. The second-order valence-electron chi connectivity index (χ2n) is 9.83. The van der Waals surface area contributed by atoms with E-state index in [0.29, 0.717) is 32.6 Å². The number of hydrogen-bond acceptors (Lipinski definition) is 6. The third-order valence-electron chi connectivity index (χ3n) is 7.37. The highest BCUT2D eigenvalue weighted by Gasteiger charge is 2.29. The quantitative estimate of drug-likeness (QED) is 0.426. The van der Waals surface area contributed by atoms with Gasteiger partial charge in [-0.1, -0.05) is 30.3 Å². The third kappa shape index (κ3) is 5.78. The molecule has 1 saturated heterocycles. The summed E-state index contributed by atoms with van der Waals surface area (Å²) in [5.74, 6) is 0. The highest BCUT2D eigenvalue weighted by molar-refractivity contribution is 14.1. The van der Waals surface area contributed by atoms with Gasteiger partial charge in [0.05, 0.1) is 32.0 Å². The van der Waals surface area contributed by atoms with Gasteiger partial charge in [-0.2, -0.15) is 5.10 Å². The number of halogens is 1. The number of hydrogen-bond donors (Lipinski definition) is 1. The third-order valence-corrected chi connectivity index (χ3v) is 8.08. The summed E-state index contributed by atoms with van der Waals surface area (Å²) >= 11 is 2.29. The van der Waals surface area contributed by atoms with Crippen molar-refractivity contribution in [1.29, 1.82) is 0 Å². The van der Waals surface area contributed by atoms with Crippen molar-refractivity contribution in [2.24, 2.45) is 0 Å². The standard InChI is InChI=1S/C28H34IN5O3/c1-20-5-3-4-6-25(20)32-15-13-31(14-16-32)17-23(35)18-34-26-11-12-33(28(36)37-2)19-24(26)27(30-34)21-7-9-22(29)10-8-21/h3-10,23,35H,11-19H2,1-2H3. The molecule has 1 aromatic heterocycles. The van der Waals surface area contributed by atoms with Gasteiger partial charge < -0.3 is 19.6 Å². The molecule has 2 aliphatic heterocycles. The topological polar surface area (TPSA) is 74.1 Å². The number of nitrogens with zero attached hydrogens (tertiary/aromatic N) is 5. The Labute approximate surface area is 231 Å². The van der Waals surface area contributed by atoms with Crippen molar-refractivity contribution in [2.75, 3.05) is 51.3 Å². The largest absolute Gasteiger partial charge is 0.453 e. The van der Waals surface area contributed by atoms with Gasteiger partial charge in [0, 0.05) is 71.8 Å². The van der Waals surface area contributed by atoms with Crippen LogP contribution in [0.3, 0.4) is 0 Å². The summed E-state index contributed by atoms with van der Waals surface area (Å²) in [6.07, 6.45) is -0.169. The van der Waals surface area contributed by atoms with Crippen molar-refractivity contribution in [3.8, 4) is 11.3 Å². The molecule has 2 aliphatic rings. The molecule has 1 atom stereocenters. The van der Waals surface area contributed by atoms with Crippen LogP contribution in [0.25, 0.3) is 11.3 Å². The van der Waals surface area contributed by atoms with Crippen LogP contribution in [0.4, 0.5) is 10.5 Å². The summed E-state index contributed by atoms with van der Waals surface area (Å²) in [4.78, 5) is 18.7. The molecule has 2 aromatic carbocycles. The summed E-state index contributed by atoms with van der Waals surface area (Å²) in [5.41, 5.74) is 6.63. The van der Waals surface area contributed by atoms with E-state index in [9.17, 15) is 9.90 Å². The van der Waals surface area contributed by atoms with Crippen LogP contribution in [0, 0.1) is 10.5 Å². The highest BCUT2D eigenvalue weighted by Crippen LogP contribution is 2.31. The minimum Gasteiger partial charge on any atom is -0.453 e. The smallest absolute Gasteiger partial charge is 0.409 e. The van der Waals surface area contributed by atoms with Crippen LogP contribution in [-0.4, -0.2) is 83.3 Å². The van der Waals surface area contributed by atoms with Crippen molar-refractivity contribution >= 4 is 34.4 Å². The predicted molar refractivity (Wildman–Crippen MR) is 153 cm³/mol. The van der Waals surface area contributed by atoms with Crippen LogP contribution in [-0.2, 0) is 24.2 Å². The summed E-state index contributed by atoms with van der Waals surface area (Å²) in [7, 11) is 1.42. The van der Waals surface area contributed by atoms with Gasteiger partial charge >= 0.3 is 6.09 Å². The number of piperazine rings is 1. The van der Waals surface area contributed by atoms with Crippen molar-refractivity contribution in [3.63, 3.8) is 0 Å². The fourth-order valence-electron chi connectivity index (χ4n) is 5.41. The molecule has 1 unspecified atom stereocenters. The van der Waals surface area contributed by atoms with E-state index in [2.05, 4.69) is 87.8 Å². The SMILES string of the molecule is COC(=O)N1CCc2c(c(-c3ccc(I)cc3)nn2CC(O)CN2CCN(c3ccccc3C)CC2)C1. The Morgan fingerprint density at radius 1 is 1.05 bits per heavy atom. The molecule has 0 radical (unpaired) electrons. The zero-order chi connectivity index (χ0) is 25.9. The van der Waals surface area contributed by atoms with E-state index >= 15 is 0 Å². The van der Waals surface area contributed by atoms with Crippen molar-refractivity contribution in [3.05, 3.63) is 68.9 Å². The molecule has 1 amide bonds. The Kier molecular flexibility index (Phi) is 8.01. The van der Waals surface area contributed by atoms with Crippen molar-refractivity contribution < 1.29 is 14.6 Å². The molecular formula is C28H34IN5O3. The molecule has 9 heteroatoms. The molecule has 37 heavy (non-hydrogen) atoms. The Morgan fingerprint density at radius 3 is 2.49 bits per heavy atom. The normalized spacial score (nSPS) is 17.0. The van der Waals surface area contributed by atoms with Crippen LogP contribution in [0.2, 0.25) is 0 Å². The molecule has 5 rings (SSSR count). The van der Waals surface area contributed by atoms with E-state index in [1.165, 1.54) is 18.4 Å². The van der Waals surface area contributed by atoms with E-state index in [1.54, 1.807) is 4.90 Å². The minimum absolute atomic E-state index is 0.322. The van der Waals surface area contributed by atoms with Gasteiger partial charge in [-0.25, -0.2) is 4.79 Å². The maximum absolute atomic E-state index is 12.2. The van der Waals surface area contributed by atoms with Crippen LogP contribution >= 0.6 is 22.6 Å². The van der Waals surface area contributed by atoms with Crippen LogP contribution in [0.1, 0.15) is 16.8 Å². The first-order valence-corrected chi connectivity index (χ1v) is 13.9.